The van der Waals surface area contributed by atoms with Gasteiger partial charge in [0.15, 0.2) is 0 Å². The van der Waals surface area contributed by atoms with Gasteiger partial charge in [-0.25, -0.2) is 0 Å². The Hall–Kier alpha value is -0.570. The van der Waals surface area contributed by atoms with Crippen LogP contribution in [0.25, 0.3) is 0 Å². The van der Waals surface area contributed by atoms with Gasteiger partial charge in [0.1, 0.15) is 0 Å². The van der Waals surface area contributed by atoms with E-state index in [9.17, 15) is 4.79 Å². The summed E-state index contributed by atoms with van der Waals surface area (Å²) in [6, 6.07) is 0.703. The van der Waals surface area contributed by atoms with Crippen LogP contribution in [0.4, 0.5) is 0 Å². The van der Waals surface area contributed by atoms with Crippen molar-refractivity contribution in [3.05, 3.63) is 0 Å². The van der Waals surface area contributed by atoms with Crippen molar-refractivity contribution in [3.8, 4) is 0 Å². The van der Waals surface area contributed by atoms with Gasteiger partial charge in [0.2, 0.25) is 5.91 Å². The molecular weight excluding hydrogens is 188 g/mol. The van der Waals surface area contributed by atoms with Gasteiger partial charge in [0.05, 0.1) is 6.04 Å². The zero-order chi connectivity index (χ0) is 10.7. The van der Waals surface area contributed by atoms with Crippen molar-refractivity contribution in [2.45, 2.75) is 57.5 Å². The molecule has 1 aliphatic carbocycles. The first-order chi connectivity index (χ1) is 7.33. The lowest BCUT2D eigenvalue weighted by Gasteiger charge is -2.25. The molecule has 0 radical (unpaired) electrons. The van der Waals surface area contributed by atoms with E-state index in [-0.39, 0.29) is 6.04 Å². The number of rotatable bonds is 5. The summed E-state index contributed by atoms with van der Waals surface area (Å²) in [5.74, 6) is 0.364. The lowest BCUT2D eigenvalue weighted by Crippen LogP contribution is -2.45. The molecule has 2 fully saturated rings. The van der Waals surface area contributed by atoms with Crippen molar-refractivity contribution >= 4 is 5.91 Å². The Balaban J connectivity index is 1.87. The molecule has 2 aliphatic rings. The van der Waals surface area contributed by atoms with Crippen molar-refractivity contribution in [1.29, 1.82) is 0 Å². The van der Waals surface area contributed by atoms with Gasteiger partial charge < -0.3 is 10.2 Å². The Labute approximate surface area is 92.2 Å². The van der Waals surface area contributed by atoms with Crippen LogP contribution in [0.5, 0.6) is 0 Å². The molecule has 15 heavy (non-hydrogen) atoms. The van der Waals surface area contributed by atoms with Crippen molar-refractivity contribution in [2.24, 2.45) is 0 Å². The van der Waals surface area contributed by atoms with Gasteiger partial charge >= 0.3 is 0 Å². The minimum atomic E-state index is 0.127. The van der Waals surface area contributed by atoms with Crippen LogP contribution in [0.3, 0.4) is 0 Å². The molecule has 1 aliphatic heterocycles. The molecule has 1 amide bonds. The van der Waals surface area contributed by atoms with Crippen molar-refractivity contribution in [3.63, 3.8) is 0 Å². The smallest absolute Gasteiger partial charge is 0.239 e. The average Bonchev–Trinajstić information content (AvgIpc) is 2.94. The number of hydrogen-bond acceptors (Lipinski definition) is 2. The first-order valence-electron chi connectivity index (χ1n) is 6.36. The summed E-state index contributed by atoms with van der Waals surface area (Å²) in [5, 5.41) is 3.30. The van der Waals surface area contributed by atoms with Crippen LogP contribution in [-0.4, -0.2) is 36.0 Å². The van der Waals surface area contributed by atoms with Crippen LogP contribution in [0.1, 0.15) is 45.4 Å². The van der Waals surface area contributed by atoms with Crippen LogP contribution >= 0.6 is 0 Å². The number of unbranched alkanes of at least 4 members (excludes halogenated alkanes) is 1. The molecule has 0 aromatic carbocycles. The number of carbonyl (C=O) groups excluding carboxylic acids is 1. The fourth-order valence-electron chi connectivity index (χ4n) is 2.28. The van der Waals surface area contributed by atoms with E-state index in [1.807, 2.05) is 0 Å². The molecule has 0 aromatic heterocycles. The molecule has 3 heteroatoms. The monoisotopic (exact) mass is 210 g/mol. The fourth-order valence-corrected chi connectivity index (χ4v) is 2.28. The predicted molar refractivity (Wildman–Crippen MR) is 60.7 cm³/mol. The molecule has 2 rings (SSSR count). The highest BCUT2D eigenvalue weighted by Gasteiger charge is 2.35. The number of nitrogens with one attached hydrogen (secondary N) is 1. The summed E-state index contributed by atoms with van der Waals surface area (Å²) in [6.45, 7) is 4.17. The molecule has 1 saturated heterocycles. The number of nitrogens with zero attached hydrogens (tertiary/aromatic N) is 1. The molecule has 0 aromatic rings. The van der Waals surface area contributed by atoms with Crippen LogP contribution in [0.15, 0.2) is 0 Å². The Bertz CT molecular complexity index is 220. The van der Waals surface area contributed by atoms with Gasteiger partial charge in [-0.05, 0) is 38.6 Å². The number of hydrogen-bond donors (Lipinski definition) is 1. The third-order valence-electron chi connectivity index (χ3n) is 3.38. The Kier molecular flexibility index (Phi) is 3.62. The third-order valence-corrected chi connectivity index (χ3v) is 3.38. The second-order valence-corrected chi connectivity index (χ2v) is 4.77. The van der Waals surface area contributed by atoms with E-state index < -0.39 is 0 Å². The zero-order valence-electron chi connectivity index (χ0n) is 9.67. The third kappa shape index (κ3) is 2.71. The Morgan fingerprint density at radius 3 is 2.73 bits per heavy atom. The summed E-state index contributed by atoms with van der Waals surface area (Å²) in [4.78, 5) is 14.3. The zero-order valence-corrected chi connectivity index (χ0v) is 9.67. The van der Waals surface area contributed by atoms with E-state index in [4.69, 9.17) is 0 Å². The molecule has 3 nitrogen and oxygen atoms in total. The van der Waals surface area contributed by atoms with Crippen LogP contribution in [-0.2, 0) is 4.79 Å². The molecular formula is C12H22N2O. The summed E-state index contributed by atoms with van der Waals surface area (Å²) in [6.07, 6.45) is 6.96. The molecule has 1 N–H and O–H groups in total. The minimum Gasteiger partial charge on any atom is -0.338 e. The van der Waals surface area contributed by atoms with Gasteiger partial charge in [-0.3, -0.25) is 4.79 Å². The summed E-state index contributed by atoms with van der Waals surface area (Å²) in [5.41, 5.74) is 0. The van der Waals surface area contributed by atoms with E-state index >= 15 is 0 Å². The first kappa shape index (κ1) is 10.9. The molecule has 0 unspecified atom stereocenters. The maximum Gasteiger partial charge on any atom is 0.239 e. The number of carbonyl (C=O) groups is 1. The lowest BCUT2D eigenvalue weighted by molar-refractivity contribution is -0.133. The highest BCUT2D eigenvalue weighted by Crippen LogP contribution is 2.28. The summed E-state index contributed by atoms with van der Waals surface area (Å²) >= 11 is 0. The SMILES string of the molecule is CCCCN(C(=O)[C@H]1CCCN1)C1CC1. The highest BCUT2D eigenvalue weighted by molar-refractivity contribution is 5.82. The average molecular weight is 210 g/mol. The van der Waals surface area contributed by atoms with Crippen molar-refractivity contribution in [2.75, 3.05) is 13.1 Å². The quantitative estimate of drug-likeness (QED) is 0.746. The summed E-state index contributed by atoms with van der Waals surface area (Å²) in [7, 11) is 0. The van der Waals surface area contributed by atoms with E-state index in [1.165, 1.54) is 19.3 Å². The maximum absolute atomic E-state index is 12.2. The standard InChI is InChI=1S/C12H22N2O/c1-2-3-9-14(10-6-7-10)12(15)11-5-4-8-13-11/h10-11,13H,2-9H2,1H3/t11-/m1/s1. The van der Waals surface area contributed by atoms with E-state index in [2.05, 4.69) is 17.1 Å². The molecule has 1 saturated carbocycles. The topological polar surface area (TPSA) is 32.3 Å². The number of amides is 1. The van der Waals surface area contributed by atoms with Crippen LogP contribution in [0.2, 0.25) is 0 Å². The minimum absolute atomic E-state index is 0.127. The maximum atomic E-state index is 12.2. The normalized spacial score (nSPS) is 25.5. The first-order valence-corrected chi connectivity index (χ1v) is 6.36. The summed E-state index contributed by atoms with van der Waals surface area (Å²) < 4.78 is 0. The van der Waals surface area contributed by atoms with E-state index in [0.29, 0.717) is 11.9 Å². The fraction of sp³-hybridized carbons (Fsp3) is 0.917. The van der Waals surface area contributed by atoms with Gasteiger partial charge in [0, 0.05) is 12.6 Å². The second kappa shape index (κ2) is 4.97. The second-order valence-electron chi connectivity index (χ2n) is 4.77. The van der Waals surface area contributed by atoms with Crippen LogP contribution < -0.4 is 5.32 Å². The van der Waals surface area contributed by atoms with E-state index in [0.717, 1.165) is 32.4 Å². The molecule has 0 bridgehead atoms. The van der Waals surface area contributed by atoms with Crippen LogP contribution in [0, 0.1) is 0 Å². The molecule has 86 valence electrons. The molecule has 1 atom stereocenters. The molecule has 0 spiro atoms. The van der Waals surface area contributed by atoms with E-state index in [1.54, 1.807) is 0 Å². The van der Waals surface area contributed by atoms with Gasteiger partial charge in [0.25, 0.3) is 0 Å². The van der Waals surface area contributed by atoms with Crippen molar-refractivity contribution < 1.29 is 4.79 Å². The lowest BCUT2D eigenvalue weighted by atomic mass is 10.2. The predicted octanol–water partition coefficient (Wildman–Crippen LogP) is 1.53. The Morgan fingerprint density at radius 1 is 1.40 bits per heavy atom. The molecule has 1 heterocycles. The van der Waals surface area contributed by atoms with Gasteiger partial charge in [-0.2, -0.15) is 0 Å². The van der Waals surface area contributed by atoms with Gasteiger partial charge in [-0.15, -0.1) is 0 Å². The highest BCUT2D eigenvalue weighted by atomic mass is 16.2. The Morgan fingerprint density at radius 2 is 2.20 bits per heavy atom. The van der Waals surface area contributed by atoms with Crippen molar-refractivity contribution in [1.82, 2.24) is 10.2 Å². The largest absolute Gasteiger partial charge is 0.338 e. The van der Waals surface area contributed by atoms with Gasteiger partial charge in [-0.1, -0.05) is 13.3 Å².